The molecule has 180 valence electrons. The molecular weight excluding hydrogens is 440 g/mol. The normalized spacial score (nSPS) is 16.0. The Balaban J connectivity index is 1.32. The average Bonchev–Trinajstić information content (AvgIpc) is 2.89. The van der Waals surface area contributed by atoms with Crippen molar-refractivity contribution >= 4 is 11.9 Å². The van der Waals surface area contributed by atoms with Crippen molar-refractivity contribution in [2.24, 2.45) is 4.99 Å². The van der Waals surface area contributed by atoms with Gasteiger partial charge in [-0.25, -0.2) is 9.98 Å². The summed E-state index contributed by atoms with van der Waals surface area (Å²) in [4.78, 5) is 24.5. The van der Waals surface area contributed by atoms with Crippen LogP contribution in [0.5, 0.6) is 0 Å². The molecule has 3 N–H and O–H groups in total. The van der Waals surface area contributed by atoms with Crippen LogP contribution in [0.1, 0.15) is 24.5 Å². The SMILES string of the molecule is CC(Cc1cccc(CO)c1)NC1=NCC=C(N2CCCn3c2nc(-c2ccccc2)cc3=O)N1. The lowest BCUT2D eigenvalue weighted by Crippen LogP contribution is -2.49. The number of guanidine groups is 1. The monoisotopic (exact) mass is 470 g/mol. The molecule has 8 heteroatoms. The molecule has 0 radical (unpaired) electrons. The van der Waals surface area contributed by atoms with Gasteiger partial charge >= 0.3 is 0 Å². The first-order valence-corrected chi connectivity index (χ1v) is 12.0. The summed E-state index contributed by atoms with van der Waals surface area (Å²) in [5.41, 5.74) is 3.63. The van der Waals surface area contributed by atoms with Crippen LogP contribution in [0.3, 0.4) is 0 Å². The molecule has 35 heavy (non-hydrogen) atoms. The summed E-state index contributed by atoms with van der Waals surface area (Å²) in [6.07, 6.45) is 3.69. The Labute approximate surface area is 204 Å². The van der Waals surface area contributed by atoms with Crippen molar-refractivity contribution in [3.63, 3.8) is 0 Å². The van der Waals surface area contributed by atoms with Gasteiger partial charge in [0.2, 0.25) is 5.95 Å². The zero-order valence-electron chi connectivity index (χ0n) is 19.8. The minimum atomic E-state index is -0.0410. The molecule has 2 aliphatic heterocycles. The fourth-order valence-corrected chi connectivity index (χ4v) is 4.57. The minimum Gasteiger partial charge on any atom is -0.392 e. The van der Waals surface area contributed by atoms with E-state index in [0.717, 1.165) is 41.9 Å². The number of nitrogens with one attached hydrogen (secondary N) is 2. The summed E-state index contributed by atoms with van der Waals surface area (Å²) in [5.74, 6) is 2.23. The number of aliphatic hydroxyl groups is 1. The van der Waals surface area contributed by atoms with Crippen LogP contribution in [0.4, 0.5) is 5.95 Å². The van der Waals surface area contributed by atoms with E-state index in [2.05, 4.69) is 33.5 Å². The number of hydrogen-bond donors (Lipinski definition) is 3. The van der Waals surface area contributed by atoms with Crippen LogP contribution >= 0.6 is 0 Å². The number of rotatable bonds is 6. The maximum absolute atomic E-state index is 12.9. The van der Waals surface area contributed by atoms with Crippen LogP contribution in [-0.2, 0) is 19.6 Å². The zero-order valence-corrected chi connectivity index (χ0v) is 19.8. The summed E-state index contributed by atoms with van der Waals surface area (Å²) in [5, 5.41) is 16.3. The van der Waals surface area contributed by atoms with Crippen LogP contribution < -0.4 is 21.1 Å². The van der Waals surface area contributed by atoms with Crippen LogP contribution in [-0.4, -0.2) is 39.7 Å². The van der Waals surface area contributed by atoms with E-state index < -0.39 is 0 Å². The van der Waals surface area contributed by atoms with Crippen molar-refractivity contribution in [1.29, 1.82) is 0 Å². The summed E-state index contributed by atoms with van der Waals surface area (Å²) < 4.78 is 1.74. The number of aliphatic hydroxyl groups excluding tert-OH is 1. The molecule has 2 aliphatic rings. The van der Waals surface area contributed by atoms with Crippen LogP contribution in [0.15, 0.2) is 82.3 Å². The molecule has 0 aliphatic carbocycles. The number of hydrogen-bond acceptors (Lipinski definition) is 7. The van der Waals surface area contributed by atoms with E-state index in [9.17, 15) is 9.90 Å². The lowest BCUT2D eigenvalue weighted by atomic mass is 10.0. The fourth-order valence-electron chi connectivity index (χ4n) is 4.57. The van der Waals surface area contributed by atoms with Crippen molar-refractivity contribution < 1.29 is 5.11 Å². The molecule has 0 spiro atoms. The molecule has 0 fully saturated rings. The van der Waals surface area contributed by atoms with Gasteiger partial charge in [0, 0.05) is 30.8 Å². The third kappa shape index (κ3) is 5.12. The molecule has 5 rings (SSSR count). The molecule has 3 aromatic rings. The maximum Gasteiger partial charge on any atom is 0.255 e. The van der Waals surface area contributed by atoms with Gasteiger partial charge < -0.3 is 15.7 Å². The van der Waals surface area contributed by atoms with Gasteiger partial charge in [0.1, 0.15) is 5.82 Å². The first-order valence-electron chi connectivity index (χ1n) is 12.0. The Morgan fingerprint density at radius 1 is 1.09 bits per heavy atom. The number of benzene rings is 2. The van der Waals surface area contributed by atoms with Gasteiger partial charge in [0.05, 0.1) is 18.8 Å². The van der Waals surface area contributed by atoms with Crippen molar-refractivity contribution in [3.05, 3.63) is 94.0 Å². The summed E-state index contributed by atoms with van der Waals surface area (Å²) in [6, 6.07) is 19.5. The Hall–Kier alpha value is -3.91. The molecule has 0 saturated heterocycles. The second-order valence-electron chi connectivity index (χ2n) is 8.93. The summed E-state index contributed by atoms with van der Waals surface area (Å²) in [7, 11) is 0. The van der Waals surface area contributed by atoms with Crippen LogP contribution in [0, 0.1) is 0 Å². The zero-order chi connectivity index (χ0) is 24.2. The van der Waals surface area contributed by atoms with Crippen molar-refractivity contribution in [1.82, 2.24) is 20.2 Å². The highest BCUT2D eigenvalue weighted by Gasteiger charge is 2.25. The predicted octanol–water partition coefficient (Wildman–Crippen LogP) is 2.63. The third-order valence-electron chi connectivity index (χ3n) is 6.23. The Morgan fingerprint density at radius 2 is 1.91 bits per heavy atom. The number of aromatic nitrogens is 2. The summed E-state index contributed by atoms with van der Waals surface area (Å²) >= 11 is 0. The molecule has 8 nitrogen and oxygen atoms in total. The average molecular weight is 471 g/mol. The van der Waals surface area contributed by atoms with E-state index in [1.165, 1.54) is 0 Å². The topological polar surface area (TPSA) is 94.8 Å². The molecular formula is C27H30N6O2. The first kappa shape index (κ1) is 22.9. The van der Waals surface area contributed by atoms with Gasteiger partial charge in [-0.2, -0.15) is 0 Å². The second kappa shape index (κ2) is 10.1. The van der Waals surface area contributed by atoms with Gasteiger partial charge in [-0.05, 0) is 37.0 Å². The van der Waals surface area contributed by atoms with E-state index in [0.29, 0.717) is 30.7 Å². The fraction of sp³-hybridized carbons (Fsp3) is 0.296. The molecule has 0 bridgehead atoms. The molecule has 0 saturated carbocycles. The smallest absolute Gasteiger partial charge is 0.255 e. The number of aliphatic imine (C=N–C) groups is 1. The standard InChI is InChI=1S/C27H30N6O2/c1-19(15-20-7-5-8-21(16-20)18-34)29-26-28-12-11-24(31-26)32-13-6-14-33-25(35)17-23(30-27(32)33)22-9-3-2-4-10-22/h2-5,7-11,16-17,19,34H,6,12-15,18H2,1H3,(H2,28,29,31). The molecule has 1 unspecified atom stereocenters. The van der Waals surface area contributed by atoms with Crippen molar-refractivity contribution in [3.8, 4) is 11.3 Å². The van der Waals surface area contributed by atoms with Crippen LogP contribution in [0.2, 0.25) is 0 Å². The maximum atomic E-state index is 12.9. The molecule has 3 heterocycles. The van der Waals surface area contributed by atoms with E-state index in [1.54, 1.807) is 10.6 Å². The largest absolute Gasteiger partial charge is 0.392 e. The van der Waals surface area contributed by atoms with E-state index in [1.807, 2.05) is 54.6 Å². The lowest BCUT2D eigenvalue weighted by molar-refractivity contribution is 0.281. The van der Waals surface area contributed by atoms with Crippen molar-refractivity contribution in [2.45, 2.75) is 39.0 Å². The number of anilines is 1. The van der Waals surface area contributed by atoms with E-state index in [-0.39, 0.29) is 18.2 Å². The Kier molecular flexibility index (Phi) is 6.63. The molecule has 0 amide bonds. The Bertz CT molecular complexity index is 1310. The molecule has 1 aromatic heterocycles. The van der Waals surface area contributed by atoms with E-state index >= 15 is 0 Å². The highest BCUT2D eigenvalue weighted by atomic mass is 16.3. The van der Waals surface area contributed by atoms with Crippen molar-refractivity contribution in [2.75, 3.05) is 18.0 Å². The summed E-state index contributed by atoms with van der Waals surface area (Å²) in [6.45, 7) is 4.11. The Morgan fingerprint density at radius 3 is 2.74 bits per heavy atom. The predicted molar refractivity (Wildman–Crippen MR) is 138 cm³/mol. The first-order chi connectivity index (χ1) is 17.1. The number of fused-ring (bicyclic) bond motifs is 1. The van der Waals surface area contributed by atoms with Gasteiger partial charge in [0.15, 0.2) is 5.96 Å². The lowest BCUT2D eigenvalue weighted by Gasteiger charge is -2.34. The minimum absolute atomic E-state index is 0.0402. The highest BCUT2D eigenvalue weighted by Crippen LogP contribution is 2.24. The highest BCUT2D eigenvalue weighted by molar-refractivity contribution is 5.83. The molecule has 1 atom stereocenters. The number of nitrogens with zero attached hydrogens (tertiary/aromatic N) is 4. The van der Waals surface area contributed by atoms with Gasteiger partial charge in [-0.15, -0.1) is 0 Å². The third-order valence-corrected chi connectivity index (χ3v) is 6.23. The van der Waals surface area contributed by atoms with Gasteiger partial charge in [0.25, 0.3) is 5.56 Å². The van der Waals surface area contributed by atoms with Gasteiger partial charge in [-0.3, -0.25) is 14.3 Å². The quantitative estimate of drug-likeness (QED) is 0.513. The van der Waals surface area contributed by atoms with Gasteiger partial charge in [-0.1, -0.05) is 54.6 Å². The second-order valence-corrected chi connectivity index (χ2v) is 8.93. The van der Waals surface area contributed by atoms with E-state index in [4.69, 9.17) is 4.98 Å². The molecule has 2 aromatic carbocycles. The van der Waals surface area contributed by atoms with Crippen LogP contribution in [0.25, 0.3) is 11.3 Å².